The number of likely N-dealkylation sites (N-methyl/N-ethyl adjacent to an activating group) is 1. The molecule has 9 rings (SSSR count). The summed E-state index contributed by atoms with van der Waals surface area (Å²) in [6.45, 7) is 19.8. The SMILES string of the molecule is C=CCOP(=O)(OCC=C)O[C@@H]1C[C@@H]2C[C@@H](OCCN(C)c3ccc([C@H]4C[C@@]5(C)C(CC[C@@]5(O)C#CC)C5CCC6=CC(=O)CCC6=C54)cc3)CC[C@]2(C)[C@H]2C[C@H](O)[C@]3(C)[C@@H]([C@H](C)CCC(=O)O)CC[C@H]3[C@H]12. The van der Waals surface area contributed by atoms with Crippen molar-refractivity contribution in [3.63, 3.8) is 0 Å². The largest absolute Gasteiger partial charge is 0.481 e. The maximum Gasteiger partial charge on any atom is 0.475 e. The highest BCUT2D eigenvalue weighted by Crippen LogP contribution is 2.71. The van der Waals surface area contributed by atoms with Gasteiger partial charge in [-0.1, -0.05) is 63.5 Å². The number of phosphoric ester groups is 1. The van der Waals surface area contributed by atoms with Crippen LogP contribution in [0.25, 0.3) is 0 Å². The van der Waals surface area contributed by atoms with E-state index >= 15 is 0 Å². The Hall–Kier alpha value is -3.33. The number of aliphatic hydroxyl groups excluding tert-OH is 1. The Morgan fingerprint density at radius 2 is 1.69 bits per heavy atom. The molecule has 3 N–H and O–H groups in total. The van der Waals surface area contributed by atoms with Gasteiger partial charge < -0.3 is 25.0 Å². The second-order valence-electron chi connectivity index (χ2n) is 24.2. The van der Waals surface area contributed by atoms with Gasteiger partial charge in [0.1, 0.15) is 5.60 Å². The number of carboxylic acid groups (broad SMARTS) is 1. The molecule has 0 radical (unpaired) electrons. The number of aliphatic carboxylic acids is 1. The summed E-state index contributed by atoms with van der Waals surface area (Å²) in [5, 5.41) is 34.1. The van der Waals surface area contributed by atoms with Crippen molar-refractivity contribution in [1.82, 2.24) is 0 Å². The molecule has 1 aromatic rings. The van der Waals surface area contributed by atoms with Crippen LogP contribution >= 0.6 is 7.82 Å². The maximum absolute atomic E-state index is 14.4. The van der Waals surface area contributed by atoms with Crippen LogP contribution in [0.15, 0.2) is 72.4 Å². The van der Waals surface area contributed by atoms with Crippen molar-refractivity contribution in [3.8, 4) is 11.8 Å². The fourth-order valence-electron chi connectivity index (χ4n) is 17.3. The number of carboxylic acids is 1. The first kappa shape index (κ1) is 53.5. The van der Waals surface area contributed by atoms with Crippen LogP contribution in [-0.2, 0) is 32.5 Å². The highest BCUT2D eigenvalue weighted by Gasteiger charge is 2.67. The summed E-state index contributed by atoms with van der Waals surface area (Å²) < 4.78 is 39.6. The van der Waals surface area contributed by atoms with Gasteiger partial charge in [-0.15, -0.1) is 19.1 Å². The lowest BCUT2D eigenvalue weighted by Gasteiger charge is -2.64. The molecule has 72 heavy (non-hydrogen) atoms. The van der Waals surface area contributed by atoms with E-state index in [4.69, 9.17) is 18.3 Å². The highest BCUT2D eigenvalue weighted by molar-refractivity contribution is 7.48. The molecule has 0 heterocycles. The third kappa shape index (κ3) is 9.53. The summed E-state index contributed by atoms with van der Waals surface area (Å²) >= 11 is 0. The Bertz CT molecular complexity index is 2390. The van der Waals surface area contributed by atoms with E-state index in [0.29, 0.717) is 57.1 Å². The molecule has 0 spiro atoms. The number of nitrogens with zero attached hydrogens (tertiary/aromatic N) is 1. The topological polar surface area (TPSA) is 152 Å². The van der Waals surface area contributed by atoms with Crippen LogP contribution in [0.2, 0.25) is 0 Å². The molecule has 394 valence electrons. The van der Waals surface area contributed by atoms with Gasteiger partial charge in [-0.25, -0.2) is 4.57 Å². The molecule has 0 bridgehead atoms. The first-order chi connectivity index (χ1) is 34.3. The van der Waals surface area contributed by atoms with Gasteiger partial charge in [0.05, 0.1) is 38.1 Å². The predicted molar refractivity (Wildman–Crippen MR) is 281 cm³/mol. The second-order valence-corrected chi connectivity index (χ2v) is 25.9. The molecule has 11 nitrogen and oxygen atoms in total. The first-order valence-corrected chi connectivity index (χ1v) is 29.0. The summed E-state index contributed by atoms with van der Waals surface area (Å²) in [7, 11) is -1.92. The minimum atomic E-state index is -4.04. The molecule has 6 saturated carbocycles. The smallest absolute Gasteiger partial charge is 0.475 e. The van der Waals surface area contributed by atoms with Crippen molar-refractivity contribution in [1.29, 1.82) is 0 Å². The third-order valence-corrected chi connectivity index (χ3v) is 22.4. The first-order valence-electron chi connectivity index (χ1n) is 27.6. The van der Waals surface area contributed by atoms with Crippen LogP contribution in [0.1, 0.15) is 149 Å². The lowest BCUT2D eigenvalue weighted by Crippen LogP contribution is -2.62. The second kappa shape index (κ2) is 21.0. The zero-order valence-electron chi connectivity index (χ0n) is 44.1. The summed E-state index contributed by atoms with van der Waals surface area (Å²) in [6, 6.07) is 9.03. The van der Waals surface area contributed by atoms with E-state index in [1.807, 2.05) is 13.0 Å². The zero-order chi connectivity index (χ0) is 51.4. The number of phosphoric acid groups is 1. The molecule has 0 amide bonds. The van der Waals surface area contributed by atoms with Crippen molar-refractivity contribution in [3.05, 3.63) is 77.9 Å². The van der Waals surface area contributed by atoms with Crippen LogP contribution in [0.5, 0.6) is 0 Å². The van der Waals surface area contributed by atoms with Gasteiger partial charge in [0, 0.05) is 43.5 Å². The van der Waals surface area contributed by atoms with Gasteiger partial charge in [-0.2, -0.15) is 0 Å². The number of anilines is 1. The number of aliphatic hydroxyl groups is 2. The minimum absolute atomic E-state index is 0.00919. The average Bonchev–Trinajstić information content (AvgIpc) is 3.85. The standard InChI is InChI=1S/C60H84NO10P/c1-9-26-60(66)28-25-49-46-19-15-40-33-43(62)18-20-45(40)55(46)47(37-58(49,60)6)39-13-16-42(17-14-39)61(8)29-32-68-44-24-27-57(5)41(34-44)35-52(71-72(67,69-30-10-2)70-31-11-3)56-50-22-21-48(38(4)12-23-54(64)65)59(50,7)53(63)36-51(56)57/h10-11,13-14,16-17,33,38,41,44,46-53,56,63,66H,2-3,12,15,18-25,27-32,34-37H2,1,4-8H3,(H,64,65)/t38-,41+,44+,46?,47-,48-,49?,50+,51+,52-,53+,56+,57+,58+,59-,60+/m1/s1. The van der Waals surface area contributed by atoms with Gasteiger partial charge in [0.2, 0.25) is 0 Å². The van der Waals surface area contributed by atoms with Crippen molar-refractivity contribution in [2.45, 2.75) is 167 Å². The number of ether oxygens (including phenoxy) is 1. The Balaban J connectivity index is 0.897. The van der Waals surface area contributed by atoms with Crippen molar-refractivity contribution >= 4 is 25.3 Å². The lowest BCUT2D eigenvalue weighted by atomic mass is 9.43. The van der Waals surface area contributed by atoms with E-state index < -0.39 is 37.0 Å². The number of hydrogen-bond donors (Lipinski definition) is 3. The zero-order valence-corrected chi connectivity index (χ0v) is 45.0. The molecule has 12 heteroatoms. The van der Waals surface area contributed by atoms with E-state index in [-0.39, 0.29) is 83.8 Å². The molecule has 16 atom stereocenters. The van der Waals surface area contributed by atoms with Crippen LogP contribution in [0.4, 0.5) is 5.69 Å². The quantitative estimate of drug-likeness (QED) is 0.0732. The molecule has 0 saturated heterocycles. The summed E-state index contributed by atoms with van der Waals surface area (Å²) in [5.74, 6) is 7.40. The predicted octanol–water partition coefficient (Wildman–Crippen LogP) is 11.8. The van der Waals surface area contributed by atoms with Gasteiger partial charge in [-0.05, 0) is 190 Å². The molecular formula is C60H84NO10P. The summed E-state index contributed by atoms with van der Waals surface area (Å²) in [5.41, 5.74) is 4.66. The summed E-state index contributed by atoms with van der Waals surface area (Å²) in [4.78, 5) is 26.5. The van der Waals surface area contributed by atoms with E-state index in [1.54, 1.807) is 12.2 Å². The van der Waals surface area contributed by atoms with Crippen molar-refractivity contribution < 1.29 is 47.8 Å². The van der Waals surface area contributed by atoms with Gasteiger partial charge >= 0.3 is 13.8 Å². The number of ketones is 1. The van der Waals surface area contributed by atoms with Crippen molar-refractivity contribution in [2.24, 2.45) is 63.6 Å². The van der Waals surface area contributed by atoms with E-state index in [0.717, 1.165) is 69.9 Å². The van der Waals surface area contributed by atoms with Crippen molar-refractivity contribution in [2.75, 3.05) is 38.3 Å². The van der Waals surface area contributed by atoms with Gasteiger partial charge in [0.25, 0.3) is 0 Å². The van der Waals surface area contributed by atoms with E-state index in [9.17, 15) is 29.5 Å². The number of rotatable bonds is 18. The molecule has 1 aromatic carbocycles. The fourth-order valence-corrected chi connectivity index (χ4v) is 18.6. The number of allylic oxidation sites excluding steroid dienone is 4. The number of hydrogen-bond acceptors (Lipinski definition) is 10. The van der Waals surface area contributed by atoms with Crippen LogP contribution in [0.3, 0.4) is 0 Å². The normalized spacial score (nSPS) is 39.4. The third-order valence-electron chi connectivity index (χ3n) is 21.0. The van der Waals surface area contributed by atoms with E-state index in [1.165, 1.54) is 22.3 Å². The Labute approximate surface area is 430 Å². The Morgan fingerprint density at radius 3 is 2.39 bits per heavy atom. The molecule has 2 unspecified atom stereocenters. The molecule has 8 aliphatic rings. The van der Waals surface area contributed by atoms with Crippen LogP contribution in [0, 0.1) is 75.4 Å². The molecule has 8 aliphatic carbocycles. The number of benzene rings is 1. The number of carbonyl (C=O) groups is 2. The lowest BCUT2D eigenvalue weighted by molar-refractivity contribution is -0.207. The Morgan fingerprint density at radius 1 is 0.958 bits per heavy atom. The molecule has 0 aromatic heterocycles. The molecular weight excluding hydrogens is 926 g/mol. The van der Waals surface area contributed by atoms with Gasteiger partial charge in [-0.3, -0.25) is 23.2 Å². The molecule has 0 aliphatic heterocycles. The monoisotopic (exact) mass is 1010 g/mol. The minimum Gasteiger partial charge on any atom is -0.481 e. The van der Waals surface area contributed by atoms with E-state index in [2.05, 4.69) is 88.9 Å². The molecule has 6 fully saturated rings. The van der Waals surface area contributed by atoms with Gasteiger partial charge in [0.15, 0.2) is 5.78 Å². The van der Waals surface area contributed by atoms with Crippen LogP contribution < -0.4 is 4.90 Å². The number of fused-ring (bicyclic) bond motifs is 9. The maximum atomic E-state index is 14.4. The van der Waals surface area contributed by atoms with Crippen LogP contribution in [-0.4, -0.2) is 84.4 Å². The average molecular weight is 1010 g/mol. The fraction of sp³-hybridized carbons (Fsp3) is 0.700. The summed E-state index contributed by atoms with van der Waals surface area (Å²) in [6.07, 6.45) is 16.4. The Kier molecular flexibility index (Phi) is 15.6. The number of carbonyl (C=O) groups excluding carboxylic acids is 1. The highest BCUT2D eigenvalue weighted by atomic mass is 31.2.